The third-order valence-corrected chi connectivity index (χ3v) is 1.03. The number of allylic oxidation sites excluding steroid dienone is 1. The molecule has 1 rings (SSSR count). The first-order valence-corrected chi connectivity index (χ1v) is 2.95. The maximum absolute atomic E-state index is 8.17. The molecule has 0 unspecified atom stereocenters. The average Bonchev–Trinajstić information content (AvgIpc) is 2.41. The van der Waals surface area contributed by atoms with E-state index in [4.69, 9.17) is 5.26 Å². The summed E-state index contributed by atoms with van der Waals surface area (Å²) in [5, 5.41) is 8.17. The van der Waals surface area contributed by atoms with E-state index in [9.17, 15) is 0 Å². The summed E-state index contributed by atoms with van der Waals surface area (Å²) in [5.74, 6) is 0. The molecule has 3 nitrogen and oxygen atoms in total. The van der Waals surface area contributed by atoms with E-state index in [1.54, 1.807) is 18.6 Å². The van der Waals surface area contributed by atoms with Crippen molar-refractivity contribution in [3.8, 4) is 6.07 Å². The first-order chi connectivity index (χ1) is 4.93. The first-order valence-electron chi connectivity index (χ1n) is 2.95. The number of imidazole rings is 1. The lowest BCUT2D eigenvalue weighted by atomic mass is 10.3. The van der Waals surface area contributed by atoms with Crippen LogP contribution in [-0.4, -0.2) is 9.97 Å². The molecule has 3 heteroatoms. The Kier molecular flexibility index (Phi) is 2.27. The highest BCUT2D eigenvalue weighted by molar-refractivity contribution is 5.42. The number of aromatic amines is 1. The summed E-state index contributed by atoms with van der Waals surface area (Å²) in [7, 11) is 0. The third-order valence-electron chi connectivity index (χ3n) is 1.03. The highest BCUT2D eigenvalue weighted by Gasteiger charge is 1.82. The summed E-state index contributed by atoms with van der Waals surface area (Å²) in [6.07, 6.45) is 7.36. The van der Waals surface area contributed by atoms with E-state index in [1.807, 2.05) is 12.1 Å². The summed E-state index contributed by atoms with van der Waals surface area (Å²) < 4.78 is 0. The zero-order chi connectivity index (χ0) is 7.23. The summed E-state index contributed by atoms with van der Waals surface area (Å²) >= 11 is 0. The zero-order valence-electron chi connectivity index (χ0n) is 5.41. The quantitative estimate of drug-likeness (QED) is 0.661. The van der Waals surface area contributed by atoms with Crippen molar-refractivity contribution in [3.63, 3.8) is 0 Å². The van der Waals surface area contributed by atoms with E-state index < -0.39 is 0 Å². The molecule has 1 aromatic heterocycles. The van der Waals surface area contributed by atoms with Gasteiger partial charge in [0, 0.05) is 0 Å². The molecule has 0 atom stereocenters. The lowest BCUT2D eigenvalue weighted by Gasteiger charge is -1.78. The molecule has 0 amide bonds. The summed E-state index contributed by atoms with van der Waals surface area (Å²) in [5.41, 5.74) is 0.926. The van der Waals surface area contributed by atoms with E-state index in [0.29, 0.717) is 6.42 Å². The van der Waals surface area contributed by atoms with Crippen LogP contribution in [0, 0.1) is 11.3 Å². The fourth-order valence-corrected chi connectivity index (χ4v) is 0.596. The molecule has 0 saturated heterocycles. The van der Waals surface area contributed by atoms with Gasteiger partial charge in [-0.05, 0) is 6.08 Å². The molecule has 1 aromatic rings. The predicted molar refractivity (Wildman–Crippen MR) is 37.9 cm³/mol. The van der Waals surface area contributed by atoms with Crippen LogP contribution in [-0.2, 0) is 0 Å². The normalized spacial score (nSPS) is 9.90. The molecule has 0 saturated carbocycles. The van der Waals surface area contributed by atoms with Gasteiger partial charge in [0.1, 0.15) is 0 Å². The second-order valence-corrected chi connectivity index (χ2v) is 1.77. The molecule has 0 spiro atoms. The molecular formula is C7H7N3. The Labute approximate surface area is 59.0 Å². The van der Waals surface area contributed by atoms with Crippen molar-refractivity contribution in [1.29, 1.82) is 5.26 Å². The van der Waals surface area contributed by atoms with Crippen molar-refractivity contribution in [2.24, 2.45) is 0 Å². The van der Waals surface area contributed by atoms with Gasteiger partial charge in [-0.25, -0.2) is 4.98 Å². The largest absolute Gasteiger partial charge is 0.345 e. The topological polar surface area (TPSA) is 52.5 Å². The van der Waals surface area contributed by atoms with Crippen LogP contribution in [0.25, 0.3) is 6.08 Å². The van der Waals surface area contributed by atoms with Crippen molar-refractivity contribution in [2.75, 3.05) is 0 Å². The molecule has 0 bridgehead atoms. The molecule has 0 aliphatic rings. The van der Waals surface area contributed by atoms with Gasteiger partial charge in [0.25, 0.3) is 0 Å². The van der Waals surface area contributed by atoms with Gasteiger partial charge in [-0.15, -0.1) is 0 Å². The number of H-pyrrole nitrogens is 1. The van der Waals surface area contributed by atoms with E-state index in [2.05, 4.69) is 9.97 Å². The van der Waals surface area contributed by atoms with E-state index in [1.165, 1.54) is 0 Å². The van der Waals surface area contributed by atoms with Crippen LogP contribution in [0.3, 0.4) is 0 Å². The molecular weight excluding hydrogens is 126 g/mol. The van der Waals surface area contributed by atoms with Crippen molar-refractivity contribution < 1.29 is 0 Å². The molecule has 0 aliphatic carbocycles. The van der Waals surface area contributed by atoms with Gasteiger partial charge in [0.15, 0.2) is 0 Å². The van der Waals surface area contributed by atoms with Crippen molar-refractivity contribution >= 4 is 6.08 Å². The summed E-state index contributed by atoms with van der Waals surface area (Å²) in [6.45, 7) is 0. The molecule has 0 fully saturated rings. The van der Waals surface area contributed by atoms with Crippen LogP contribution in [0.15, 0.2) is 18.6 Å². The molecule has 0 aromatic carbocycles. The Morgan fingerprint density at radius 2 is 2.70 bits per heavy atom. The minimum Gasteiger partial charge on any atom is -0.345 e. The fourth-order valence-electron chi connectivity index (χ4n) is 0.596. The Hall–Kier alpha value is -1.56. The molecule has 0 aliphatic heterocycles. The Balaban J connectivity index is 2.49. The van der Waals surface area contributed by atoms with Crippen LogP contribution < -0.4 is 0 Å². The second-order valence-electron chi connectivity index (χ2n) is 1.77. The SMILES string of the molecule is N#CCC=Cc1cnc[nH]1. The number of aromatic nitrogens is 2. The fraction of sp³-hybridized carbons (Fsp3) is 0.143. The van der Waals surface area contributed by atoms with Crippen LogP contribution in [0.1, 0.15) is 12.1 Å². The van der Waals surface area contributed by atoms with Gasteiger partial charge in [-0.2, -0.15) is 5.26 Å². The Morgan fingerprint density at radius 3 is 3.30 bits per heavy atom. The minimum absolute atomic E-state index is 0.443. The molecule has 10 heavy (non-hydrogen) atoms. The molecule has 50 valence electrons. The Bertz CT molecular complexity index is 240. The lowest BCUT2D eigenvalue weighted by molar-refractivity contribution is 1.30. The van der Waals surface area contributed by atoms with E-state index >= 15 is 0 Å². The summed E-state index contributed by atoms with van der Waals surface area (Å²) in [6, 6.07) is 2.01. The van der Waals surface area contributed by atoms with Crippen LogP contribution in [0.2, 0.25) is 0 Å². The van der Waals surface area contributed by atoms with Gasteiger partial charge in [-0.3, -0.25) is 0 Å². The number of hydrogen-bond acceptors (Lipinski definition) is 2. The van der Waals surface area contributed by atoms with Crippen LogP contribution >= 0.6 is 0 Å². The maximum atomic E-state index is 8.17. The minimum atomic E-state index is 0.443. The Morgan fingerprint density at radius 1 is 1.80 bits per heavy atom. The van der Waals surface area contributed by atoms with Crippen LogP contribution in [0.4, 0.5) is 0 Å². The molecule has 0 radical (unpaired) electrons. The second kappa shape index (κ2) is 3.46. The van der Waals surface area contributed by atoms with Crippen LogP contribution in [0.5, 0.6) is 0 Å². The maximum Gasteiger partial charge on any atom is 0.0924 e. The summed E-state index contributed by atoms with van der Waals surface area (Å²) in [4.78, 5) is 6.70. The van der Waals surface area contributed by atoms with Crippen molar-refractivity contribution in [3.05, 3.63) is 24.3 Å². The number of nitrogens with one attached hydrogen (secondary N) is 1. The van der Waals surface area contributed by atoms with Crippen molar-refractivity contribution in [1.82, 2.24) is 9.97 Å². The standard InChI is InChI=1S/C7H7N3/c8-4-2-1-3-7-5-9-6-10-7/h1,3,5-6H,2H2,(H,9,10). The highest BCUT2D eigenvalue weighted by Crippen LogP contribution is 1.94. The monoisotopic (exact) mass is 133 g/mol. The van der Waals surface area contributed by atoms with Gasteiger partial charge in [-0.1, -0.05) is 6.08 Å². The number of nitriles is 1. The van der Waals surface area contributed by atoms with Gasteiger partial charge in [0.05, 0.1) is 30.7 Å². The van der Waals surface area contributed by atoms with E-state index in [-0.39, 0.29) is 0 Å². The third kappa shape index (κ3) is 1.75. The zero-order valence-corrected chi connectivity index (χ0v) is 5.41. The molecule has 1 heterocycles. The molecule has 1 N–H and O–H groups in total. The first kappa shape index (κ1) is 6.56. The average molecular weight is 133 g/mol. The van der Waals surface area contributed by atoms with Gasteiger partial charge >= 0.3 is 0 Å². The van der Waals surface area contributed by atoms with E-state index in [0.717, 1.165) is 5.69 Å². The number of rotatable bonds is 2. The van der Waals surface area contributed by atoms with Crippen molar-refractivity contribution in [2.45, 2.75) is 6.42 Å². The van der Waals surface area contributed by atoms with Gasteiger partial charge < -0.3 is 4.98 Å². The van der Waals surface area contributed by atoms with Gasteiger partial charge in [0.2, 0.25) is 0 Å². The highest BCUT2D eigenvalue weighted by atomic mass is 14.8. The lowest BCUT2D eigenvalue weighted by Crippen LogP contribution is -1.66. The number of nitrogens with zero attached hydrogens (tertiary/aromatic N) is 2. The predicted octanol–water partition coefficient (Wildman–Crippen LogP) is 1.34. The number of hydrogen-bond donors (Lipinski definition) is 1. The smallest absolute Gasteiger partial charge is 0.0924 e.